The lowest BCUT2D eigenvalue weighted by molar-refractivity contribution is -0.120. The summed E-state index contributed by atoms with van der Waals surface area (Å²) in [6, 6.07) is 12.7. The topological polar surface area (TPSA) is 67.4 Å². The summed E-state index contributed by atoms with van der Waals surface area (Å²) in [7, 11) is 0. The molecule has 1 aliphatic heterocycles. The van der Waals surface area contributed by atoms with Crippen molar-refractivity contribution < 1.29 is 18.3 Å². The number of nitrogens with one attached hydrogen (secondary N) is 1. The van der Waals surface area contributed by atoms with Crippen molar-refractivity contribution >= 4 is 17.4 Å². The van der Waals surface area contributed by atoms with Gasteiger partial charge in [-0.1, -0.05) is 18.2 Å². The Bertz CT molecular complexity index is 1020. The molecule has 0 atom stereocenters. The summed E-state index contributed by atoms with van der Waals surface area (Å²) in [4.78, 5) is 23.3. The Morgan fingerprint density at radius 2 is 1.73 bits per heavy atom. The number of anilines is 2. The summed E-state index contributed by atoms with van der Waals surface area (Å²) >= 11 is 0. The van der Waals surface area contributed by atoms with Crippen LogP contribution in [0.4, 0.5) is 20.3 Å². The van der Waals surface area contributed by atoms with Gasteiger partial charge in [-0.25, -0.2) is 18.7 Å². The number of carbonyl (C=O) groups excluding carboxylic acids is 1. The molecule has 6 nitrogen and oxygen atoms in total. The van der Waals surface area contributed by atoms with Crippen LogP contribution in [-0.2, 0) is 4.79 Å². The van der Waals surface area contributed by atoms with Crippen molar-refractivity contribution in [1.29, 1.82) is 0 Å². The fraction of sp³-hybridized carbons (Fsp3) is 0.227. The lowest BCUT2D eigenvalue weighted by atomic mass is 9.96. The Morgan fingerprint density at radius 3 is 2.47 bits per heavy atom. The molecule has 1 aromatic heterocycles. The number of hydrogen-bond acceptors (Lipinski definition) is 5. The van der Waals surface area contributed by atoms with Gasteiger partial charge >= 0.3 is 0 Å². The minimum Gasteiger partial charge on any atom is -0.436 e. The molecule has 2 aromatic carbocycles. The van der Waals surface area contributed by atoms with Crippen LogP contribution in [0.5, 0.6) is 11.6 Å². The molecule has 1 N–H and O–H groups in total. The quantitative estimate of drug-likeness (QED) is 0.675. The molecule has 4 rings (SSSR count). The van der Waals surface area contributed by atoms with E-state index in [1.807, 2.05) is 35.2 Å². The molecule has 0 radical (unpaired) electrons. The van der Waals surface area contributed by atoms with Crippen molar-refractivity contribution in [2.45, 2.75) is 12.8 Å². The molecule has 0 spiro atoms. The minimum absolute atomic E-state index is 0.208. The molecule has 30 heavy (non-hydrogen) atoms. The number of rotatable bonds is 5. The van der Waals surface area contributed by atoms with Gasteiger partial charge in [0.25, 0.3) is 5.88 Å². The first-order chi connectivity index (χ1) is 14.6. The molecule has 0 unspecified atom stereocenters. The van der Waals surface area contributed by atoms with Crippen LogP contribution in [0.3, 0.4) is 0 Å². The number of carbonyl (C=O) groups is 1. The smallest absolute Gasteiger partial charge is 0.263 e. The lowest BCUT2D eigenvalue weighted by Crippen LogP contribution is -2.38. The summed E-state index contributed by atoms with van der Waals surface area (Å²) in [6.45, 7) is 1.19. The Morgan fingerprint density at radius 1 is 1.00 bits per heavy atom. The monoisotopic (exact) mass is 410 g/mol. The molecule has 154 valence electrons. The Hall–Kier alpha value is -3.55. The number of hydrogen-bond donors (Lipinski definition) is 1. The molecule has 0 bridgehead atoms. The summed E-state index contributed by atoms with van der Waals surface area (Å²) in [5.41, 5.74) is 0.244. The Balaban J connectivity index is 1.39. The van der Waals surface area contributed by atoms with E-state index in [-0.39, 0.29) is 17.5 Å². The van der Waals surface area contributed by atoms with E-state index in [1.165, 1.54) is 6.07 Å². The van der Waals surface area contributed by atoms with Crippen LogP contribution in [-0.4, -0.2) is 29.0 Å². The number of nitrogens with zero attached hydrogens (tertiary/aromatic N) is 3. The number of para-hydroxylation sites is 1. The van der Waals surface area contributed by atoms with Gasteiger partial charge in [-0.15, -0.1) is 0 Å². The third-order valence-corrected chi connectivity index (χ3v) is 4.96. The van der Waals surface area contributed by atoms with E-state index in [2.05, 4.69) is 15.3 Å². The zero-order valence-corrected chi connectivity index (χ0v) is 16.1. The fourth-order valence-electron chi connectivity index (χ4n) is 3.38. The highest BCUT2D eigenvalue weighted by Gasteiger charge is 2.27. The highest BCUT2D eigenvalue weighted by atomic mass is 19.2. The molecule has 2 heterocycles. The van der Waals surface area contributed by atoms with Gasteiger partial charge in [-0.3, -0.25) is 4.79 Å². The number of halogens is 2. The summed E-state index contributed by atoms with van der Waals surface area (Å²) in [5, 5.41) is 2.66. The first-order valence-electron chi connectivity index (χ1n) is 9.65. The maximum atomic E-state index is 13.3. The predicted octanol–water partition coefficient (Wildman–Crippen LogP) is 4.40. The van der Waals surface area contributed by atoms with Gasteiger partial charge in [0.2, 0.25) is 5.91 Å². The maximum absolute atomic E-state index is 13.3. The van der Waals surface area contributed by atoms with Crippen molar-refractivity contribution in [3.05, 3.63) is 72.6 Å². The second-order valence-electron chi connectivity index (χ2n) is 6.98. The standard InChI is InChI=1S/C22H20F2N4O2/c23-18-7-6-16(14-19(18)24)27-21(29)15-8-12-28(13-9-15)20-22(26-11-10-25-20)30-17-4-2-1-3-5-17/h1-7,10-11,14-15H,8-9,12-13H2,(H,27,29). The van der Waals surface area contributed by atoms with E-state index in [0.29, 0.717) is 43.4 Å². The van der Waals surface area contributed by atoms with Crippen LogP contribution in [0.15, 0.2) is 60.9 Å². The maximum Gasteiger partial charge on any atom is 0.263 e. The molecular formula is C22H20F2N4O2. The lowest BCUT2D eigenvalue weighted by Gasteiger charge is -2.32. The second kappa shape index (κ2) is 8.86. The van der Waals surface area contributed by atoms with Crippen molar-refractivity contribution in [2.24, 2.45) is 5.92 Å². The zero-order chi connectivity index (χ0) is 20.9. The number of ether oxygens (including phenoxy) is 1. The van der Waals surface area contributed by atoms with Gasteiger partial charge in [0.1, 0.15) is 5.75 Å². The summed E-state index contributed by atoms with van der Waals surface area (Å²) in [5.74, 6) is -0.672. The van der Waals surface area contributed by atoms with E-state index < -0.39 is 11.6 Å². The van der Waals surface area contributed by atoms with Gasteiger partial charge in [-0.2, -0.15) is 0 Å². The number of amides is 1. The van der Waals surface area contributed by atoms with Gasteiger partial charge in [-0.05, 0) is 37.1 Å². The first kappa shape index (κ1) is 19.8. The molecule has 1 fully saturated rings. The van der Waals surface area contributed by atoms with Crippen LogP contribution >= 0.6 is 0 Å². The van der Waals surface area contributed by atoms with Gasteiger partial charge in [0.15, 0.2) is 17.5 Å². The van der Waals surface area contributed by atoms with Gasteiger partial charge < -0.3 is 15.0 Å². The third kappa shape index (κ3) is 4.53. The summed E-state index contributed by atoms with van der Waals surface area (Å²) in [6.07, 6.45) is 4.37. The van der Waals surface area contributed by atoms with E-state index in [9.17, 15) is 13.6 Å². The predicted molar refractivity (Wildman–Crippen MR) is 108 cm³/mol. The highest BCUT2D eigenvalue weighted by molar-refractivity contribution is 5.92. The van der Waals surface area contributed by atoms with Crippen LogP contribution < -0.4 is 15.0 Å². The van der Waals surface area contributed by atoms with Crippen LogP contribution in [0.25, 0.3) is 0 Å². The molecule has 1 saturated heterocycles. The second-order valence-corrected chi connectivity index (χ2v) is 6.98. The molecule has 0 saturated carbocycles. The third-order valence-electron chi connectivity index (χ3n) is 4.96. The molecular weight excluding hydrogens is 390 g/mol. The van der Waals surface area contributed by atoms with Crippen molar-refractivity contribution in [2.75, 3.05) is 23.3 Å². The molecule has 8 heteroatoms. The number of piperidine rings is 1. The van der Waals surface area contributed by atoms with Gasteiger partial charge in [0.05, 0.1) is 0 Å². The Kier molecular flexibility index (Phi) is 5.83. The average molecular weight is 410 g/mol. The van der Waals surface area contributed by atoms with E-state index in [0.717, 1.165) is 12.1 Å². The van der Waals surface area contributed by atoms with Crippen LogP contribution in [0, 0.1) is 17.6 Å². The average Bonchev–Trinajstić information content (AvgIpc) is 2.77. The number of benzene rings is 2. The molecule has 1 amide bonds. The van der Waals surface area contributed by atoms with Crippen LogP contribution in [0.2, 0.25) is 0 Å². The highest BCUT2D eigenvalue weighted by Crippen LogP contribution is 2.31. The zero-order valence-electron chi connectivity index (χ0n) is 16.1. The minimum atomic E-state index is -0.990. The summed E-state index contributed by atoms with van der Waals surface area (Å²) < 4.78 is 32.3. The SMILES string of the molecule is O=C(Nc1ccc(F)c(F)c1)C1CCN(c2nccnc2Oc2ccccc2)CC1. The number of aromatic nitrogens is 2. The molecule has 1 aliphatic rings. The van der Waals surface area contributed by atoms with Crippen molar-refractivity contribution in [3.8, 4) is 11.6 Å². The largest absolute Gasteiger partial charge is 0.436 e. The first-order valence-corrected chi connectivity index (χ1v) is 9.65. The molecule has 3 aromatic rings. The van der Waals surface area contributed by atoms with E-state index in [4.69, 9.17) is 4.74 Å². The van der Waals surface area contributed by atoms with E-state index >= 15 is 0 Å². The van der Waals surface area contributed by atoms with Gasteiger partial charge in [0, 0.05) is 43.2 Å². The fourth-order valence-corrected chi connectivity index (χ4v) is 3.38. The Labute approximate surface area is 172 Å². The van der Waals surface area contributed by atoms with Crippen molar-refractivity contribution in [1.82, 2.24) is 9.97 Å². The van der Waals surface area contributed by atoms with E-state index in [1.54, 1.807) is 12.4 Å². The van der Waals surface area contributed by atoms with Crippen LogP contribution in [0.1, 0.15) is 12.8 Å². The molecule has 0 aliphatic carbocycles. The normalized spacial score (nSPS) is 14.4. The van der Waals surface area contributed by atoms with Crippen molar-refractivity contribution in [3.63, 3.8) is 0 Å².